The fourth-order valence-electron chi connectivity index (χ4n) is 2.03. The number of halogens is 2. The Kier molecular flexibility index (Phi) is 5.91. The average molecular weight is 367 g/mol. The molecule has 2 aromatic rings. The van der Waals surface area contributed by atoms with E-state index in [0.29, 0.717) is 17.7 Å². The number of hydrogen-bond donors (Lipinski definition) is 3. The van der Waals surface area contributed by atoms with Gasteiger partial charge in [0, 0.05) is 16.8 Å². The summed E-state index contributed by atoms with van der Waals surface area (Å²) >= 11 is 3.32. The molecule has 3 N–H and O–H groups in total. The second-order valence-electron chi connectivity index (χ2n) is 4.73. The van der Waals surface area contributed by atoms with Crippen molar-refractivity contribution in [2.45, 2.75) is 12.5 Å². The Morgan fingerprint density at radius 3 is 2.59 bits per heavy atom. The molecule has 0 spiro atoms. The molecule has 0 aliphatic rings. The van der Waals surface area contributed by atoms with Gasteiger partial charge < -0.3 is 15.7 Å². The number of amides is 2. The van der Waals surface area contributed by atoms with Crippen LogP contribution in [0.3, 0.4) is 0 Å². The van der Waals surface area contributed by atoms with Gasteiger partial charge in [-0.25, -0.2) is 9.18 Å². The number of carbonyl (C=O) groups is 1. The summed E-state index contributed by atoms with van der Waals surface area (Å²) in [5.41, 5.74) is 1.25. The van der Waals surface area contributed by atoms with Gasteiger partial charge in [-0.1, -0.05) is 28.1 Å². The predicted molar refractivity (Wildman–Crippen MR) is 87.1 cm³/mol. The van der Waals surface area contributed by atoms with E-state index in [2.05, 4.69) is 26.6 Å². The van der Waals surface area contributed by atoms with Gasteiger partial charge in [-0.05, 0) is 48.4 Å². The molecule has 4 nitrogen and oxygen atoms in total. The quantitative estimate of drug-likeness (QED) is 0.752. The molecule has 0 radical (unpaired) electrons. The third-order valence-corrected chi connectivity index (χ3v) is 3.60. The van der Waals surface area contributed by atoms with Crippen molar-refractivity contribution in [3.63, 3.8) is 0 Å². The number of carbonyl (C=O) groups excluding carboxylic acids is 1. The number of aliphatic hydroxyl groups excluding tert-OH is 1. The van der Waals surface area contributed by atoms with Gasteiger partial charge in [0.25, 0.3) is 0 Å². The summed E-state index contributed by atoms with van der Waals surface area (Å²) in [6, 6.07) is 12.2. The number of rotatable bonds is 5. The molecular formula is C16H16BrFN2O2. The highest BCUT2D eigenvalue weighted by atomic mass is 79.9. The number of aliphatic hydroxyl groups is 1. The molecule has 22 heavy (non-hydrogen) atoms. The van der Waals surface area contributed by atoms with Crippen molar-refractivity contribution in [2.24, 2.45) is 0 Å². The summed E-state index contributed by atoms with van der Waals surface area (Å²) in [5, 5.41) is 14.6. The molecule has 1 unspecified atom stereocenters. The molecule has 0 heterocycles. The summed E-state index contributed by atoms with van der Waals surface area (Å²) in [6.07, 6.45) is 0.303. The van der Waals surface area contributed by atoms with Gasteiger partial charge >= 0.3 is 6.03 Å². The van der Waals surface area contributed by atoms with Crippen LogP contribution in [-0.4, -0.2) is 17.7 Å². The van der Waals surface area contributed by atoms with Crippen molar-refractivity contribution in [3.8, 4) is 0 Å². The van der Waals surface area contributed by atoms with E-state index in [-0.39, 0.29) is 12.4 Å². The SMILES string of the molecule is O=C(Nc1ccc(Br)cc1)NC(CCO)c1cccc(F)c1. The first-order valence-corrected chi connectivity index (χ1v) is 7.57. The summed E-state index contributed by atoms with van der Waals surface area (Å²) < 4.78 is 14.2. The maximum absolute atomic E-state index is 13.3. The zero-order valence-electron chi connectivity index (χ0n) is 11.7. The van der Waals surface area contributed by atoms with Gasteiger partial charge in [0.15, 0.2) is 0 Å². The average Bonchev–Trinajstić information content (AvgIpc) is 2.49. The zero-order chi connectivity index (χ0) is 15.9. The third kappa shape index (κ3) is 4.82. The van der Waals surface area contributed by atoms with Crippen LogP contribution in [0, 0.1) is 5.82 Å². The molecule has 0 bridgehead atoms. The summed E-state index contributed by atoms with van der Waals surface area (Å²) in [6.45, 7) is -0.111. The summed E-state index contributed by atoms with van der Waals surface area (Å²) in [7, 11) is 0. The molecule has 0 aromatic heterocycles. The van der Waals surface area contributed by atoms with Gasteiger partial charge in [0.1, 0.15) is 5.82 Å². The lowest BCUT2D eigenvalue weighted by Gasteiger charge is -2.19. The van der Waals surface area contributed by atoms with Crippen molar-refractivity contribution >= 4 is 27.6 Å². The molecule has 6 heteroatoms. The lowest BCUT2D eigenvalue weighted by Crippen LogP contribution is -2.33. The van der Waals surface area contributed by atoms with E-state index in [0.717, 1.165) is 4.47 Å². The second kappa shape index (κ2) is 7.91. The van der Waals surface area contributed by atoms with Crippen LogP contribution in [0.2, 0.25) is 0 Å². The number of urea groups is 1. The van der Waals surface area contributed by atoms with Gasteiger partial charge in [-0.15, -0.1) is 0 Å². The van der Waals surface area contributed by atoms with E-state index in [1.54, 1.807) is 24.3 Å². The van der Waals surface area contributed by atoms with Crippen molar-refractivity contribution in [3.05, 3.63) is 64.4 Å². The van der Waals surface area contributed by atoms with Crippen LogP contribution >= 0.6 is 15.9 Å². The highest BCUT2D eigenvalue weighted by Gasteiger charge is 2.14. The van der Waals surface area contributed by atoms with E-state index in [1.807, 2.05) is 12.1 Å². The van der Waals surface area contributed by atoms with Gasteiger partial charge in [-0.3, -0.25) is 0 Å². The van der Waals surface area contributed by atoms with Gasteiger partial charge in [-0.2, -0.15) is 0 Å². The largest absolute Gasteiger partial charge is 0.396 e. The first-order valence-electron chi connectivity index (χ1n) is 6.78. The molecule has 2 rings (SSSR count). The van der Waals surface area contributed by atoms with Crippen LogP contribution in [0.15, 0.2) is 53.0 Å². The molecule has 0 saturated carbocycles. The van der Waals surface area contributed by atoms with Crippen molar-refractivity contribution < 1.29 is 14.3 Å². The molecular weight excluding hydrogens is 351 g/mol. The number of benzene rings is 2. The lowest BCUT2D eigenvalue weighted by molar-refractivity contribution is 0.239. The van der Waals surface area contributed by atoms with E-state index < -0.39 is 12.1 Å². The molecule has 0 fully saturated rings. The number of nitrogens with one attached hydrogen (secondary N) is 2. The van der Waals surface area contributed by atoms with E-state index >= 15 is 0 Å². The Morgan fingerprint density at radius 2 is 1.95 bits per heavy atom. The Hall–Kier alpha value is -1.92. The van der Waals surface area contributed by atoms with Gasteiger partial charge in [0.2, 0.25) is 0 Å². The molecule has 0 saturated heterocycles. The van der Waals surface area contributed by atoms with Crippen molar-refractivity contribution in [2.75, 3.05) is 11.9 Å². The van der Waals surface area contributed by atoms with Crippen LogP contribution in [0.4, 0.5) is 14.9 Å². The third-order valence-electron chi connectivity index (χ3n) is 3.08. The van der Waals surface area contributed by atoms with Crippen LogP contribution in [0.1, 0.15) is 18.0 Å². The second-order valence-corrected chi connectivity index (χ2v) is 5.64. The summed E-state index contributed by atoms with van der Waals surface area (Å²) in [4.78, 5) is 12.0. The van der Waals surface area contributed by atoms with Crippen LogP contribution in [-0.2, 0) is 0 Å². The minimum atomic E-state index is -0.462. The van der Waals surface area contributed by atoms with E-state index in [4.69, 9.17) is 5.11 Å². The van der Waals surface area contributed by atoms with Crippen molar-refractivity contribution in [1.29, 1.82) is 0 Å². The smallest absolute Gasteiger partial charge is 0.319 e. The lowest BCUT2D eigenvalue weighted by atomic mass is 10.0. The van der Waals surface area contributed by atoms with E-state index in [9.17, 15) is 9.18 Å². The van der Waals surface area contributed by atoms with Crippen LogP contribution in [0.25, 0.3) is 0 Å². The topological polar surface area (TPSA) is 61.4 Å². The Balaban J connectivity index is 2.04. The maximum atomic E-state index is 13.3. The fourth-order valence-corrected chi connectivity index (χ4v) is 2.30. The normalized spacial score (nSPS) is 11.8. The first kappa shape index (κ1) is 16.5. The van der Waals surface area contributed by atoms with E-state index in [1.165, 1.54) is 12.1 Å². The summed E-state index contributed by atoms with van der Waals surface area (Å²) in [5.74, 6) is -0.379. The molecule has 2 aromatic carbocycles. The minimum Gasteiger partial charge on any atom is -0.396 e. The Morgan fingerprint density at radius 1 is 1.23 bits per heavy atom. The standard InChI is InChI=1S/C16H16BrFN2O2/c17-12-4-6-14(7-5-12)19-16(22)20-15(8-9-21)11-2-1-3-13(18)10-11/h1-7,10,15,21H,8-9H2,(H2,19,20,22). The predicted octanol–water partition coefficient (Wildman–Crippen LogP) is 3.83. The van der Waals surface area contributed by atoms with Crippen LogP contribution in [0.5, 0.6) is 0 Å². The minimum absolute atomic E-state index is 0.111. The Labute approximate surface area is 136 Å². The first-order chi connectivity index (χ1) is 10.6. The number of anilines is 1. The molecule has 2 amide bonds. The molecule has 0 aliphatic carbocycles. The highest BCUT2D eigenvalue weighted by Crippen LogP contribution is 2.18. The number of hydrogen-bond acceptors (Lipinski definition) is 2. The maximum Gasteiger partial charge on any atom is 0.319 e. The molecule has 116 valence electrons. The van der Waals surface area contributed by atoms with Crippen LogP contribution < -0.4 is 10.6 Å². The molecule has 1 atom stereocenters. The van der Waals surface area contributed by atoms with Crippen molar-refractivity contribution in [1.82, 2.24) is 5.32 Å². The fraction of sp³-hybridized carbons (Fsp3) is 0.188. The monoisotopic (exact) mass is 366 g/mol. The zero-order valence-corrected chi connectivity index (χ0v) is 13.3. The molecule has 0 aliphatic heterocycles. The van der Waals surface area contributed by atoms with Gasteiger partial charge in [0.05, 0.1) is 6.04 Å². The Bertz CT molecular complexity index is 634. The highest BCUT2D eigenvalue weighted by molar-refractivity contribution is 9.10.